The summed E-state index contributed by atoms with van der Waals surface area (Å²) in [7, 11) is 0. The van der Waals surface area contributed by atoms with Gasteiger partial charge in [0.15, 0.2) is 0 Å². The molecule has 0 aromatic heterocycles. The summed E-state index contributed by atoms with van der Waals surface area (Å²) in [6.07, 6.45) is -0.278. The normalized spacial score (nSPS) is 12.3. The number of nitrogens with one attached hydrogen (secondary N) is 2. The van der Waals surface area contributed by atoms with Crippen LogP contribution in [-0.2, 0) is 24.9 Å². The van der Waals surface area contributed by atoms with E-state index in [9.17, 15) is 19.2 Å². The molecule has 1 aromatic carbocycles. The highest BCUT2D eigenvalue weighted by Gasteiger charge is 2.22. The third-order valence-corrected chi connectivity index (χ3v) is 4.81. The molecular weight excluding hydrogens is 400 g/mol. The quantitative estimate of drug-likeness (QED) is 0.301. The van der Waals surface area contributed by atoms with Gasteiger partial charge in [-0.3, -0.25) is 19.2 Å². The lowest BCUT2D eigenvalue weighted by atomic mass is 10.1. The number of carbonyl (C=O) groups is 4. The molecule has 0 aliphatic carbocycles. The number of carbonyl (C=O) groups excluding carboxylic acids is 2. The molecule has 0 radical (unpaired) electrons. The molecule has 0 heterocycles. The lowest BCUT2D eigenvalue weighted by Crippen LogP contribution is -2.49. The third-order valence-electron chi connectivity index (χ3n) is 3.70. The van der Waals surface area contributed by atoms with Crippen LogP contribution in [0, 0.1) is 11.3 Å². The second kappa shape index (κ2) is 12.4. The molecule has 0 fully saturated rings. The number of benzene rings is 1. The Hall–Kier alpha value is -3.10. The van der Waals surface area contributed by atoms with Gasteiger partial charge in [0.1, 0.15) is 18.6 Å². The Labute approximate surface area is 171 Å². The van der Waals surface area contributed by atoms with Crippen molar-refractivity contribution in [2.75, 3.05) is 12.3 Å². The monoisotopic (exact) mass is 422 g/mol. The summed E-state index contributed by atoms with van der Waals surface area (Å²) in [5.41, 5.74) is 6.79. The van der Waals surface area contributed by atoms with Gasteiger partial charge in [-0.25, -0.2) is 0 Å². The summed E-state index contributed by atoms with van der Waals surface area (Å²) < 4.78 is 0. The molecule has 0 aliphatic heterocycles. The van der Waals surface area contributed by atoms with Gasteiger partial charge in [-0.05, 0) is 24.1 Å². The number of carboxylic acids is 2. The fourth-order valence-electron chi connectivity index (χ4n) is 2.12. The third kappa shape index (κ3) is 9.59. The largest absolute Gasteiger partial charge is 0.480 e. The minimum Gasteiger partial charge on any atom is -0.480 e. The predicted octanol–water partition coefficient (Wildman–Crippen LogP) is -0.331. The van der Waals surface area contributed by atoms with E-state index in [0.717, 1.165) is 5.56 Å². The average molecular weight is 422 g/mol. The summed E-state index contributed by atoms with van der Waals surface area (Å²) in [5.74, 6) is -2.99. The summed E-state index contributed by atoms with van der Waals surface area (Å²) in [6.45, 7) is -0.588. The molecule has 156 valence electrons. The summed E-state index contributed by atoms with van der Waals surface area (Å²) in [4.78, 5) is 45.6. The zero-order valence-electron chi connectivity index (χ0n) is 15.5. The summed E-state index contributed by atoms with van der Waals surface area (Å²) in [6, 6.07) is 6.71. The van der Waals surface area contributed by atoms with E-state index in [1.54, 1.807) is 24.3 Å². The number of rotatable bonds is 12. The maximum atomic E-state index is 12.2. The van der Waals surface area contributed by atoms with Crippen molar-refractivity contribution in [1.29, 1.82) is 5.26 Å². The van der Waals surface area contributed by atoms with Gasteiger partial charge in [0, 0.05) is 17.9 Å². The van der Waals surface area contributed by atoms with Crippen LogP contribution in [0.1, 0.15) is 24.0 Å². The van der Waals surface area contributed by atoms with E-state index in [4.69, 9.17) is 21.2 Å². The van der Waals surface area contributed by atoms with Gasteiger partial charge in [-0.1, -0.05) is 12.1 Å². The van der Waals surface area contributed by atoms with Crippen molar-refractivity contribution >= 4 is 35.5 Å². The van der Waals surface area contributed by atoms with Crippen LogP contribution < -0.4 is 16.4 Å². The van der Waals surface area contributed by atoms with Crippen LogP contribution in [0.4, 0.5) is 0 Å². The molecule has 2 amide bonds. The molecule has 1 aromatic rings. The highest BCUT2D eigenvalue weighted by atomic mass is 32.2. The molecule has 6 N–H and O–H groups in total. The Morgan fingerprint density at radius 2 is 1.83 bits per heavy atom. The minimum absolute atomic E-state index is 0.0942. The Balaban J connectivity index is 2.62. The van der Waals surface area contributed by atoms with Crippen LogP contribution in [0.5, 0.6) is 0 Å². The van der Waals surface area contributed by atoms with Gasteiger partial charge in [0.25, 0.3) is 0 Å². The van der Waals surface area contributed by atoms with Crippen LogP contribution >= 0.6 is 11.8 Å². The van der Waals surface area contributed by atoms with Gasteiger partial charge in [0.2, 0.25) is 11.8 Å². The van der Waals surface area contributed by atoms with Crippen molar-refractivity contribution in [3.8, 4) is 6.07 Å². The SMILES string of the molecule is N#Cc1ccc(CSCC(NC(=O)CC[C@H](N)C(=O)O)C(=O)NCC(=O)O)cc1. The van der Waals surface area contributed by atoms with Crippen LogP contribution in [0.15, 0.2) is 24.3 Å². The van der Waals surface area contributed by atoms with Crippen LogP contribution in [0.25, 0.3) is 0 Å². The van der Waals surface area contributed by atoms with Gasteiger partial charge >= 0.3 is 11.9 Å². The molecule has 11 heteroatoms. The van der Waals surface area contributed by atoms with E-state index in [1.807, 2.05) is 6.07 Å². The average Bonchev–Trinajstić information content (AvgIpc) is 2.69. The smallest absolute Gasteiger partial charge is 0.322 e. The summed E-state index contributed by atoms with van der Waals surface area (Å²) >= 11 is 1.34. The van der Waals surface area contributed by atoms with Crippen molar-refractivity contribution in [3.05, 3.63) is 35.4 Å². The van der Waals surface area contributed by atoms with E-state index < -0.39 is 42.4 Å². The molecule has 0 aliphatic rings. The number of thioether (sulfide) groups is 1. The highest BCUT2D eigenvalue weighted by Crippen LogP contribution is 2.14. The molecule has 0 saturated heterocycles. The number of amides is 2. The topological polar surface area (TPSA) is 183 Å². The van der Waals surface area contributed by atoms with Gasteiger partial charge in [-0.15, -0.1) is 0 Å². The number of hydrogen-bond donors (Lipinski definition) is 5. The molecule has 0 spiro atoms. The maximum Gasteiger partial charge on any atom is 0.322 e. The number of nitrogens with zero attached hydrogens (tertiary/aromatic N) is 1. The number of nitriles is 1. The molecule has 0 saturated carbocycles. The predicted molar refractivity (Wildman–Crippen MR) is 105 cm³/mol. The number of aliphatic carboxylic acids is 2. The molecule has 1 rings (SSSR count). The van der Waals surface area contributed by atoms with Crippen molar-refractivity contribution in [3.63, 3.8) is 0 Å². The van der Waals surface area contributed by atoms with Crippen LogP contribution in [0.3, 0.4) is 0 Å². The molecule has 1 unspecified atom stereocenters. The van der Waals surface area contributed by atoms with Crippen molar-refractivity contribution in [2.45, 2.75) is 30.7 Å². The maximum absolute atomic E-state index is 12.2. The fraction of sp³-hybridized carbons (Fsp3) is 0.389. The van der Waals surface area contributed by atoms with Crippen molar-refractivity contribution < 1.29 is 29.4 Å². The Kier molecular flexibility index (Phi) is 10.2. The molecule has 29 heavy (non-hydrogen) atoms. The van der Waals surface area contributed by atoms with E-state index in [0.29, 0.717) is 11.3 Å². The van der Waals surface area contributed by atoms with E-state index >= 15 is 0 Å². The van der Waals surface area contributed by atoms with Crippen molar-refractivity contribution in [2.24, 2.45) is 5.73 Å². The van der Waals surface area contributed by atoms with Crippen molar-refractivity contribution in [1.82, 2.24) is 10.6 Å². The zero-order chi connectivity index (χ0) is 21.8. The number of nitrogens with two attached hydrogens (primary N) is 1. The first kappa shape index (κ1) is 23.9. The van der Waals surface area contributed by atoms with Gasteiger partial charge < -0.3 is 26.6 Å². The van der Waals surface area contributed by atoms with E-state index in [-0.39, 0.29) is 18.6 Å². The first-order valence-corrected chi connectivity index (χ1v) is 9.72. The van der Waals surface area contributed by atoms with Gasteiger partial charge in [0.05, 0.1) is 11.6 Å². The number of hydrogen-bond acceptors (Lipinski definition) is 7. The molecule has 10 nitrogen and oxygen atoms in total. The first-order chi connectivity index (χ1) is 13.7. The Morgan fingerprint density at radius 3 is 2.38 bits per heavy atom. The molecule has 2 atom stereocenters. The first-order valence-electron chi connectivity index (χ1n) is 8.57. The fourth-order valence-corrected chi connectivity index (χ4v) is 3.13. The highest BCUT2D eigenvalue weighted by molar-refractivity contribution is 7.98. The van der Waals surface area contributed by atoms with Crippen LogP contribution in [0.2, 0.25) is 0 Å². The number of carboxylic acid groups (broad SMARTS) is 2. The molecular formula is C18H22N4O6S. The van der Waals surface area contributed by atoms with Gasteiger partial charge in [-0.2, -0.15) is 17.0 Å². The standard InChI is InChI=1S/C18H22N4O6S/c19-7-11-1-3-12(4-2-11)9-29-10-14(17(26)21-8-16(24)25)22-15(23)6-5-13(20)18(27)28/h1-4,13-14H,5-6,8-10,20H2,(H,21,26)(H,22,23)(H,24,25)(H,27,28)/t13-,14?/m0/s1. The Morgan fingerprint density at radius 1 is 1.17 bits per heavy atom. The van der Waals surface area contributed by atoms with E-state index in [1.165, 1.54) is 11.8 Å². The van der Waals surface area contributed by atoms with Crippen LogP contribution in [-0.4, -0.2) is 58.3 Å². The molecule has 0 bridgehead atoms. The second-order valence-electron chi connectivity index (χ2n) is 6.04. The zero-order valence-corrected chi connectivity index (χ0v) is 16.3. The lowest BCUT2D eigenvalue weighted by molar-refractivity contribution is -0.139. The minimum atomic E-state index is -1.23. The lowest BCUT2D eigenvalue weighted by Gasteiger charge is -2.18. The second-order valence-corrected chi connectivity index (χ2v) is 7.07. The van der Waals surface area contributed by atoms with E-state index in [2.05, 4.69) is 10.6 Å². The summed E-state index contributed by atoms with van der Waals surface area (Å²) in [5, 5.41) is 30.9. The Bertz CT molecular complexity index is 778.